The number of ketones is 1. The van der Waals surface area contributed by atoms with Crippen LogP contribution in [0.25, 0.3) is 0 Å². The molecule has 0 aliphatic heterocycles. The molecule has 1 nitrogen and oxygen atoms in total. The third-order valence-electron chi connectivity index (χ3n) is 3.84. The summed E-state index contributed by atoms with van der Waals surface area (Å²) in [5.74, 6) is 3.48. The number of hydrogen-bond acceptors (Lipinski definition) is 1. The first-order valence-electron chi connectivity index (χ1n) is 4.40. The molecule has 1 heteroatoms. The lowest BCUT2D eigenvalue weighted by Gasteiger charge is -2.39. The summed E-state index contributed by atoms with van der Waals surface area (Å²) in [5.41, 5.74) is 0. The highest BCUT2D eigenvalue weighted by atomic mass is 16.1. The van der Waals surface area contributed by atoms with E-state index >= 15 is 0 Å². The number of hydrogen-bond donors (Lipinski definition) is 0. The van der Waals surface area contributed by atoms with E-state index in [4.69, 9.17) is 0 Å². The summed E-state index contributed by atoms with van der Waals surface area (Å²) < 4.78 is 0. The molecule has 4 atom stereocenters. The Morgan fingerprint density at radius 2 is 2.00 bits per heavy atom. The molecule has 3 aliphatic rings. The van der Waals surface area contributed by atoms with Crippen molar-refractivity contribution in [2.75, 3.05) is 0 Å². The average molecular weight is 136 g/mol. The number of Topliss-reactive ketones (excluding diaryl/α,β-unsaturated/α-hetero) is 1. The first-order valence-corrected chi connectivity index (χ1v) is 4.40. The zero-order valence-electron chi connectivity index (χ0n) is 6.05. The van der Waals surface area contributed by atoms with Gasteiger partial charge in [0.15, 0.2) is 0 Å². The fourth-order valence-electron chi connectivity index (χ4n) is 3.33. The van der Waals surface area contributed by atoms with E-state index in [0.717, 1.165) is 11.8 Å². The lowest BCUT2D eigenvalue weighted by molar-refractivity contribution is -0.141. The zero-order chi connectivity index (χ0) is 6.72. The van der Waals surface area contributed by atoms with E-state index in [1.165, 1.54) is 25.7 Å². The number of fused-ring (bicyclic) bond motifs is 1. The van der Waals surface area contributed by atoms with Crippen molar-refractivity contribution < 1.29 is 4.79 Å². The van der Waals surface area contributed by atoms with E-state index in [-0.39, 0.29) is 0 Å². The largest absolute Gasteiger partial charge is 0.299 e. The Labute approximate surface area is 60.8 Å². The average Bonchev–Trinajstić information content (AvgIpc) is 2.12. The van der Waals surface area contributed by atoms with Crippen LogP contribution in [0.5, 0.6) is 0 Å². The Morgan fingerprint density at radius 1 is 1.10 bits per heavy atom. The fourth-order valence-corrected chi connectivity index (χ4v) is 3.33. The zero-order valence-corrected chi connectivity index (χ0v) is 6.05. The van der Waals surface area contributed by atoms with Crippen LogP contribution in [-0.4, -0.2) is 5.78 Å². The maximum Gasteiger partial charge on any atom is 0.139 e. The van der Waals surface area contributed by atoms with Crippen LogP contribution < -0.4 is 0 Å². The van der Waals surface area contributed by atoms with Crippen molar-refractivity contribution in [3.63, 3.8) is 0 Å². The first-order chi connectivity index (χ1) is 4.86. The summed E-state index contributed by atoms with van der Waals surface area (Å²) in [6.07, 6.45) is 5.22. The highest BCUT2D eigenvalue weighted by Gasteiger charge is 2.56. The van der Waals surface area contributed by atoms with Gasteiger partial charge in [-0.05, 0) is 37.5 Å². The van der Waals surface area contributed by atoms with Crippen LogP contribution in [0.2, 0.25) is 0 Å². The fraction of sp³-hybridized carbons (Fsp3) is 0.889. The van der Waals surface area contributed by atoms with Crippen molar-refractivity contribution in [2.24, 2.45) is 23.7 Å². The summed E-state index contributed by atoms with van der Waals surface area (Å²) >= 11 is 0. The third kappa shape index (κ3) is 0.415. The molecule has 0 radical (unpaired) electrons. The van der Waals surface area contributed by atoms with E-state index < -0.39 is 0 Å². The van der Waals surface area contributed by atoms with Crippen molar-refractivity contribution in [1.82, 2.24) is 0 Å². The maximum atomic E-state index is 11.3. The Kier molecular flexibility index (Phi) is 0.781. The lowest BCUT2D eigenvalue weighted by Crippen LogP contribution is -2.44. The molecule has 0 spiro atoms. The topological polar surface area (TPSA) is 17.1 Å². The Balaban J connectivity index is 2.00. The molecule has 3 saturated carbocycles. The normalized spacial score (nSPS) is 56.6. The first kappa shape index (κ1) is 5.34. The van der Waals surface area contributed by atoms with Gasteiger partial charge in [0, 0.05) is 11.8 Å². The predicted octanol–water partition coefficient (Wildman–Crippen LogP) is 1.62. The highest BCUT2D eigenvalue weighted by molar-refractivity contribution is 5.90. The third-order valence-corrected chi connectivity index (χ3v) is 3.84. The molecule has 54 valence electrons. The van der Waals surface area contributed by atoms with Gasteiger partial charge in [-0.2, -0.15) is 0 Å². The summed E-state index contributed by atoms with van der Waals surface area (Å²) in [6.45, 7) is 0. The number of carbonyl (C=O) groups excluding carboxylic acids is 1. The second-order valence-corrected chi connectivity index (χ2v) is 4.19. The van der Waals surface area contributed by atoms with Crippen LogP contribution >= 0.6 is 0 Å². The van der Waals surface area contributed by atoms with Crippen molar-refractivity contribution in [3.05, 3.63) is 0 Å². The molecule has 3 fully saturated rings. The summed E-state index contributed by atoms with van der Waals surface area (Å²) in [6, 6.07) is 0. The van der Waals surface area contributed by atoms with E-state index in [2.05, 4.69) is 0 Å². The van der Waals surface area contributed by atoms with Crippen molar-refractivity contribution in [2.45, 2.75) is 25.7 Å². The molecular formula is C9H12O. The monoisotopic (exact) mass is 136 g/mol. The van der Waals surface area contributed by atoms with Crippen LogP contribution in [0.1, 0.15) is 25.7 Å². The lowest BCUT2D eigenvalue weighted by atomic mass is 9.63. The van der Waals surface area contributed by atoms with Crippen LogP contribution in [0, 0.1) is 23.7 Å². The van der Waals surface area contributed by atoms with Gasteiger partial charge in [0.2, 0.25) is 0 Å². The van der Waals surface area contributed by atoms with Gasteiger partial charge in [-0.3, -0.25) is 4.79 Å². The SMILES string of the molecule is O=C1C2CCC3CC1C2C3. The summed E-state index contributed by atoms with van der Waals surface area (Å²) in [5, 5.41) is 0. The van der Waals surface area contributed by atoms with Crippen LogP contribution in [-0.2, 0) is 4.79 Å². The maximum absolute atomic E-state index is 11.3. The molecule has 0 N–H and O–H groups in total. The molecule has 3 rings (SSSR count). The minimum atomic E-state index is 0.531. The van der Waals surface area contributed by atoms with Crippen LogP contribution in [0.3, 0.4) is 0 Å². The molecule has 4 unspecified atom stereocenters. The van der Waals surface area contributed by atoms with Gasteiger partial charge in [-0.1, -0.05) is 0 Å². The minimum Gasteiger partial charge on any atom is -0.299 e. The van der Waals surface area contributed by atoms with E-state index in [0.29, 0.717) is 17.6 Å². The molecule has 3 aliphatic carbocycles. The smallest absolute Gasteiger partial charge is 0.139 e. The Hall–Kier alpha value is -0.330. The van der Waals surface area contributed by atoms with Crippen molar-refractivity contribution in [3.8, 4) is 0 Å². The predicted molar refractivity (Wildman–Crippen MR) is 37.4 cm³/mol. The van der Waals surface area contributed by atoms with Gasteiger partial charge < -0.3 is 0 Å². The molecule has 0 aromatic carbocycles. The van der Waals surface area contributed by atoms with Gasteiger partial charge in [0.1, 0.15) is 5.78 Å². The van der Waals surface area contributed by atoms with E-state index in [9.17, 15) is 4.79 Å². The highest BCUT2D eigenvalue weighted by Crippen LogP contribution is 2.57. The van der Waals surface area contributed by atoms with Crippen LogP contribution in [0.15, 0.2) is 0 Å². The van der Waals surface area contributed by atoms with Gasteiger partial charge >= 0.3 is 0 Å². The van der Waals surface area contributed by atoms with E-state index in [1.54, 1.807) is 0 Å². The summed E-state index contributed by atoms with van der Waals surface area (Å²) in [4.78, 5) is 11.3. The molecule has 0 amide bonds. The van der Waals surface area contributed by atoms with Crippen molar-refractivity contribution in [1.29, 1.82) is 0 Å². The molecule has 0 saturated heterocycles. The van der Waals surface area contributed by atoms with Gasteiger partial charge in [0.25, 0.3) is 0 Å². The van der Waals surface area contributed by atoms with Crippen molar-refractivity contribution >= 4 is 5.78 Å². The Morgan fingerprint density at radius 3 is 2.90 bits per heavy atom. The molecule has 0 aromatic rings. The molecule has 10 heavy (non-hydrogen) atoms. The Bertz CT molecular complexity index is 189. The quantitative estimate of drug-likeness (QED) is 0.494. The molecule has 2 bridgehead atoms. The molecule has 0 aromatic heterocycles. The number of carbonyl (C=O) groups is 1. The second-order valence-electron chi connectivity index (χ2n) is 4.19. The van der Waals surface area contributed by atoms with Gasteiger partial charge in [0.05, 0.1) is 0 Å². The van der Waals surface area contributed by atoms with E-state index in [1.807, 2.05) is 0 Å². The van der Waals surface area contributed by atoms with Crippen LogP contribution in [0.4, 0.5) is 0 Å². The second kappa shape index (κ2) is 1.46. The summed E-state index contributed by atoms with van der Waals surface area (Å²) in [7, 11) is 0. The minimum absolute atomic E-state index is 0.531. The van der Waals surface area contributed by atoms with Gasteiger partial charge in [-0.25, -0.2) is 0 Å². The number of rotatable bonds is 0. The molecule has 0 heterocycles. The molecular weight excluding hydrogens is 124 g/mol. The standard InChI is InChI=1S/C9H12O/c10-9-6-2-1-5-3-7(6)8(9)4-5/h5-8H,1-4H2. The van der Waals surface area contributed by atoms with Gasteiger partial charge in [-0.15, -0.1) is 0 Å².